The Hall–Kier alpha value is -1.60. The lowest BCUT2D eigenvalue weighted by Gasteiger charge is -2.07. The van der Waals surface area contributed by atoms with Gasteiger partial charge in [-0.15, -0.1) is 11.3 Å². The topological polar surface area (TPSA) is 59.3 Å². The zero-order valence-electron chi connectivity index (χ0n) is 12.0. The Balaban J connectivity index is 1.62. The number of thiophene rings is 1. The molecule has 0 saturated heterocycles. The molecule has 0 amide bonds. The highest BCUT2D eigenvalue weighted by Crippen LogP contribution is 2.28. The molecule has 0 radical (unpaired) electrons. The van der Waals surface area contributed by atoms with E-state index in [2.05, 4.69) is 4.72 Å². The number of sulfonamides is 1. The van der Waals surface area contributed by atoms with Crippen molar-refractivity contribution in [1.29, 1.82) is 0 Å². The molecule has 0 spiro atoms. The fourth-order valence-electron chi connectivity index (χ4n) is 2.12. The third-order valence-corrected chi connectivity index (χ3v) is 6.41. The van der Waals surface area contributed by atoms with Crippen molar-refractivity contribution in [3.05, 3.63) is 64.9 Å². The van der Waals surface area contributed by atoms with Crippen molar-refractivity contribution in [2.24, 2.45) is 0 Å². The number of rotatable bonds is 6. The molecule has 0 saturated carbocycles. The Morgan fingerprint density at radius 1 is 1.13 bits per heavy atom. The van der Waals surface area contributed by atoms with Gasteiger partial charge in [-0.05, 0) is 36.8 Å². The van der Waals surface area contributed by atoms with Gasteiger partial charge in [0.2, 0.25) is 10.0 Å². The van der Waals surface area contributed by atoms with E-state index in [1.54, 1.807) is 42.1 Å². The molecule has 0 fully saturated rings. The summed E-state index contributed by atoms with van der Waals surface area (Å²) in [6.07, 6.45) is 3.94. The third-order valence-electron chi connectivity index (χ3n) is 3.26. The number of furan rings is 1. The number of hydrogen-bond acceptors (Lipinski definition) is 4. The van der Waals surface area contributed by atoms with Gasteiger partial charge in [-0.2, -0.15) is 0 Å². The lowest BCUT2D eigenvalue weighted by molar-refractivity contribution is 0.568. The monoisotopic (exact) mass is 367 g/mol. The van der Waals surface area contributed by atoms with E-state index < -0.39 is 10.0 Å². The predicted octanol–water partition coefficient (Wildman–Crippen LogP) is 4.18. The normalized spacial score (nSPS) is 11.7. The van der Waals surface area contributed by atoms with Gasteiger partial charge in [-0.1, -0.05) is 23.7 Å². The van der Waals surface area contributed by atoms with Gasteiger partial charge in [-0.25, -0.2) is 13.1 Å². The van der Waals surface area contributed by atoms with Crippen LogP contribution in [0.25, 0.3) is 10.4 Å². The SMILES string of the molecule is O=S(=O)(NCCc1ccc(-c2ccoc2)s1)c1ccccc1Cl. The predicted molar refractivity (Wildman–Crippen MR) is 92.4 cm³/mol. The molecule has 4 nitrogen and oxygen atoms in total. The first-order valence-electron chi connectivity index (χ1n) is 6.92. The number of benzene rings is 1. The van der Waals surface area contributed by atoms with Crippen molar-refractivity contribution < 1.29 is 12.8 Å². The van der Waals surface area contributed by atoms with Crippen molar-refractivity contribution >= 4 is 33.0 Å². The Labute approximate surface area is 143 Å². The number of hydrogen-bond donors (Lipinski definition) is 1. The summed E-state index contributed by atoms with van der Waals surface area (Å²) in [6, 6.07) is 12.3. The van der Waals surface area contributed by atoms with Gasteiger partial charge in [0, 0.05) is 21.9 Å². The lowest BCUT2D eigenvalue weighted by atomic mass is 10.3. The molecule has 2 heterocycles. The average Bonchev–Trinajstić information content (AvgIpc) is 3.18. The molecule has 0 unspecified atom stereocenters. The summed E-state index contributed by atoms with van der Waals surface area (Å²) in [5.74, 6) is 0. The first kappa shape index (κ1) is 16.3. The molecule has 120 valence electrons. The van der Waals surface area contributed by atoms with Crippen molar-refractivity contribution in [2.45, 2.75) is 11.3 Å². The lowest BCUT2D eigenvalue weighted by Crippen LogP contribution is -2.26. The van der Waals surface area contributed by atoms with Crippen molar-refractivity contribution in [1.82, 2.24) is 4.72 Å². The fourth-order valence-corrected chi connectivity index (χ4v) is 4.66. The van der Waals surface area contributed by atoms with Crippen LogP contribution in [0.1, 0.15) is 4.88 Å². The minimum Gasteiger partial charge on any atom is -0.472 e. The van der Waals surface area contributed by atoms with Gasteiger partial charge in [0.1, 0.15) is 4.90 Å². The quantitative estimate of drug-likeness (QED) is 0.710. The summed E-state index contributed by atoms with van der Waals surface area (Å²) in [5, 5.41) is 0.221. The summed E-state index contributed by atoms with van der Waals surface area (Å²) in [6.45, 7) is 0.318. The highest BCUT2D eigenvalue weighted by atomic mass is 35.5. The molecule has 0 aliphatic carbocycles. The standard InChI is InChI=1S/C16H14ClNO3S2/c17-14-3-1-2-4-16(14)23(19,20)18-9-7-13-5-6-15(22-13)12-8-10-21-11-12/h1-6,8,10-11,18H,7,9H2. The van der Waals surface area contributed by atoms with Gasteiger partial charge in [-0.3, -0.25) is 0 Å². The van der Waals surface area contributed by atoms with Crippen LogP contribution in [0, 0.1) is 0 Å². The van der Waals surface area contributed by atoms with E-state index in [9.17, 15) is 8.42 Å². The van der Waals surface area contributed by atoms with E-state index in [-0.39, 0.29) is 9.92 Å². The molecule has 3 aromatic rings. The Morgan fingerprint density at radius 2 is 1.96 bits per heavy atom. The molecule has 1 aromatic carbocycles. The minimum atomic E-state index is -3.59. The van der Waals surface area contributed by atoms with Crippen LogP contribution in [0.5, 0.6) is 0 Å². The Kier molecular flexibility index (Phi) is 4.87. The van der Waals surface area contributed by atoms with Gasteiger partial charge in [0.25, 0.3) is 0 Å². The second-order valence-electron chi connectivity index (χ2n) is 4.86. The highest BCUT2D eigenvalue weighted by Gasteiger charge is 2.16. The summed E-state index contributed by atoms with van der Waals surface area (Å²) < 4.78 is 32.1. The van der Waals surface area contributed by atoms with Crippen LogP contribution in [0.2, 0.25) is 5.02 Å². The van der Waals surface area contributed by atoms with Gasteiger partial charge >= 0.3 is 0 Å². The van der Waals surface area contributed by atoms with E-state index in [1.165, 1.54) is 6.07 Å². The third kappa shape index (κ3) is 3.84. The molecular weight excluding hydrogens is 354 g/mol. The zero-order valence-corrected chi connectivity index (χ0v) is 14.4. The maximum atomic E-state index is 12.2. The van der Waals surface area contributed by atoms with Crippen LogP contribution in [0.3, 0.4) is 0 Å². The zero-order chi connectivity index (χ0) is 16.3. The van der Waals surface area contributed by atoms with E-state index >= 15 is 0 Å². The maximum absolute atomic E-state index is 12.2. The van der Waals surface area contributed by atoms with Crippen molar-refractivity contribution in [3.8, 4) is 10.4 Å². The van der Waals surface area contributed by atoms with Crippen LogP contribution < -0.4 is 4.72 Å². The summed E-state index contributed by atoms with van der Waals surface area (Å²) >= 11 is 7.56. The number of nitrogens with one attached hydrogen (secondary N) is 1. The second kappa shape index (κ2) is 6.88. The molecule has 7 heteroatoms. The maximum Gasteiger partial charge on any atom is 0.242 e. The largest absolute Gasteiger partial charge is 0.472 e. The summed E-state index contributed by atoms with van der Waals surface area (Å²) in [5.41, 5.74) is 1.03. The fraction of sp³-hybridized carbons (Fsp3) is 0.125. The van der Waals surface area contributed by atoms with E-state index in [0.29, 0.717) is 13.0 Å². The first-order chi connectivity index (χ1) is 11.1. The molecule has 2 aromatic heterocycles. The van der Waals surface area contributed by atoms with Crippen LogP contribution in [-0.4, -0.2) is 15.0 Å². The number of halogens is 1. The Bertz CT molecular complexity index is 886. The molecular formula is C16H14ClNO3S2. The Morgan fingerprint density at radius 3 is 2.70 bits per heavy atom. The molecule has 23 heavy (non-hydrogen) atoms. The molecule has 0 aliphatic heterocycles. The average molecular weight is 368 g/mol. The van der Waals surface area contributed by atoms with E-state index in [0.717, 1.165) is 15.3 Å². The smallest absolute Gasteiger partial charge is 0.242 e. The molecule has 0 bridgehead atoms. The van der Waals surface area contributed by atoms with Crippen LogP contribution in [0.4, 0.5) is 0 Å². The van der Waals surface area contributed by atoms with E-state index in [1.807, 2.05) is 18.2 Å². The van der Waals surface area contributed by atoms with Crippen LogP contribution in [0.15, 0.2) is 64.3 Å². The minimum absolute atomic E-state index is 0.104. The molecule has 3 rings (SSSR count). The van der Waals surface area contributed by atoms with Crippen molar-refractivity contribution in [3.63, 3.8) is 0 Å². The highest BCUT2D eigenvalue weighted by molar-refractivity contribution is 7.89. The van der Waals surface area contributed by atoms with Crippen LogP contribution >= 0.6 is 22.9 Å². The van der Waals surface area contributed by atoms with Crippen molar-refractivity contribution in [2.75, 3.05) is 6.54 Å². The van der Waals surface area contributed by atoms with Gasteiger partial charge in [0.15, 0.2) is 0 Å². The second-order valence-corrected chi connectivity index (χ2v) is 8.17. The summed E-state index contributed by atoms with van der Waals surface area (Å²) in [4.78, 5) is 2.30. The molecule has 0 aliphatic rings. The summed E-state index contributed by atoms with van der Waals surface area (Å²) in [7, 11) is -3.59. The van der Waals surface area contributed by atoms with Gasteiger partial charge in [0.05, 0.1) is 17.5 Å². The first-order valence-corrected chi connectivity index (χ1v) is 9.59. The molecule has 0 atom stereocenters. The van der Waals surface area contributed by atoms with E-state index in [4.69, 9.17) is 16.0 Å². The van der Waals surface area contributed by atoms with Gasteiger partial charge < -0.3 is 4.42 Å². The molecule has 1 N–H and O–H groups in total. The van der Waals surface area contributed by atoms with Crippen LogP contribution in [-0.2, 0) is 16.4 Å².